The van der Waals surface area contributed by atoms with Gasteiger partial charge in [-0.15, -0.1) is 0 Å². The fraction of sp³-hybridized carbons (Fsp3) is 1.00. The Kier molecular flexibility index (Phi) is 1.31. The fourth-order valence-corrected chi connectivity index (χ4v) is 1.49. The molecule has 1 heteroatoms. The molecule has 0 amide bonds. The minimum Gasteiger partial charge on any atom is -0.328 e. The van der Waals surface area contributed by atoms with Gasteiger partial charge >= 0.3 is 0 Å². The van der Waals surface area contributed by atoms with E-state index < -0.39 is 0 Å². The third kappa shape index (κ3) is 1.22. The molecule has 0 spiro atoms. The average molecular weight is 113 g/mol. The Morgan fingerprint density at radius 3 is 2.25 bits per heavy atom. The number of hydrogen-bond donors (Lipinski definition) is 1. The van der Waals surface area contributed by atoms with Gasteiger partial charge in [-0.05, 0) is 24.7 Å². The summed E-state index contributed by atoms with van der Waals surface area (Å²) in [5.74, 6) is 0. The standard InChI is InChI=1S/C7H15N/c1-7(2)4-3-6(8)5-7/h6H,3-5,8H2,1-2H3. The maximum absolute atomic E-state index is 5.71. The largest absolute Gasteiger partial charge is 0.328 e. The van der Waals surface area contributed by atoms with Crippen LogP contribution in [0.25, 0.3) is 0 Å². The van der Waals surface area contributed by atoms with Gasteiger partial charge in [0.2, 0.25) is 0 Å². The van der Waals surface area contributed by atoms with Crippen LogP contribution >= 0.6 is 0 Å². The third-order valence-electron chi connectivity index (χ3n) is 2.01. The van der Waals surface area contributed by atoms with Gasteiger partial charge in [0, 0.05) is 6.04 Å². The van der Waals surface area contributed by atoms with Crippen LogP contribution in [0.4, 0.5) is 0 Å². The molecule has 0 radical (unpaired) electrons. The van der Waals surface area contributed by atoms with Crippen molar-refractivity contribution >= 4 is 0 Å². The predicted molar refractivity (Wildman–Crippen MR) is 35.6 cm³/mol. The van der Waals surface area contributed by atoms with Gasteiger partial charge in [0.1, 0.15) is 0 Å². The number of nitrogens with two attached hydrogens (primary N) is 1. The first-order chi connectivity index (χ1) is 3.60. The van der Waals surface area contributed by atoms with Gasteiger partial charge in [-0.1, -0.05) is 13.8 Å². The van der Waals surface area contributed by atoms with Gasteiger partial charge in [0.25, 0.3) is 0 Å². The highest BCUT2D eigenvalue weighted by Crippen LogP contribution is 2.35. The summed E-state index contributed by atoms with van der Waals surface area (Å²) in [4.78, 5) is 0. The van der Waals surface area contributed by atoms with E-state index in [1.54, 1.807) is 0 Å². The van der Waals surface area contributed by atoms with E-state index in [-0.39, 0.29) is 0 Å². The fourth-order valence-electron chi connectivity index (χ4n) is 1.49. The minimum atomic E-state index is 0.491. The summed E-state index contributed by atoms with van der Waals surface area (Å²) < 4.78 is 0. The highest BCUT2D eigenvalue weighted by atomic mass is 14.7. The van der Waals surface area contributed by atoms with Gasteiger partial charge < -0.3 is 5.73 Å². The van der Waals surface area contributed by atoms with Crippen molar-refractivity contribution in [3.63, 3.8) is 0 Å². The van der Waals surface area contributed by atoms with E-state index in [2.05, 4.69) is 13.8 Å². The highest BCUT2D eigenvalue weighted by molar-refractivity contribution is 4.83. The van der Waals surface area contributed by atoms with E-state index in [9.17, 15) is 0 Å². The zero-order valence-electron chi connectivity index (χ0n) is 5.78. The zero-order chi connectivity index (χ0) is 6.20. The third-order valence-corrected chi connectivity index (χ3v) is 2.01. The van der Waals surface area contributed by atoms with E-state index in [0.717, 1.165) is 0 Å². The lowest BCUT2D eigenvalue weighted by Gasteiger charge is -2.14. The van der Waals surface area contributed by atoms with Gasteiger partial charge in [-0.25, -0.2) is 0 Å². The van der Waals surface area contributed by atoms with Crippen LogP contribution in [0, 0.1) is 5.41 Å². The van der Waals surface area contributed by atoms with Crippen LogP contribution in [0.1, 0.15) is 33.1 Å². The van der Waals surface area contributed by atoms with E-state index in [1.165, 1.54) is 19.3 Å². The first kappa shape index (κ1) is 6.09. The Hall–Kier alpha value is -0.0400. The molecule has 1 aliphatic carbocycles. The van der Waals surface area contributed by atoms with Crippen molar-refractivity contribution < 1.29 is 0 Å². The van der Waals surface area contributed by atoms with Crippen molar-refractivity contribution in [2.45, 2.75) is 39.2 Å². The van der Waals surface area contributed by atoms with Crippen molar-refractivity contribution in [1.29, 1.82) is 0 Å². The second-order valence-corrected chi connectivity index (χ2v) is 3.67. The summed E-state index contributed by atoms with van der Waals surface area (Å²) in [5.41, 5.74) is 6.25. The van der Waals surface area contributed by atoms with Crippen LogP contribution in [-0.2, 0) is 0 Å². The van der Waals surface area contributed by atoms with E-state index >= 15 is 0 Å². The maximum atomic E-state index is 5.71. The second-order valence-electron chi connectivity index (χ2n) is 3.67. The molecule has 0 aromatic rings. The highest BCUT2D eigenvalue weighted by Gasteiger charge is 2.27. The molecule has 8 heavy (non-hydrogen) atoms. The average Bonchev–Trinajstić information content (AvgIpc) is 1.82. The topological polar surface area (TPSA) is 26.0 Å². The molecule has 0 heterocycles. The molecule has 0 saturated heterocycles. The molecule has 48 valence electrons. The molecular weight excluding hydrogens is 98.1 g/mol. The van der Waals surface area contributed by atoms with Crippen LogP contribution in [0.5, 0.6) is 0 Å². The van der Waals surface area contributed by atoms with Gasteiger partial charge in [-0.2, -0.15) is 0 Å². The Morgan fingerprint density at radius 1 is 1.50 bits per heavy atom. The van der Waals surface area contributed by atoms with Gasteiger partial charge in [-0.3, -0.25) is 0 Å². The molecule has 0 aromatic carbocycles. The lowest BCUT2D eigenvalue weighted by atomic mass is 9.92. The lowest BCUT2D eigenvalue weighted by Crippen LogP contribution is -2.16. The first-order valence-corrected chi connectivity index (χ1v) is 3.36. The van der Waals surface area contributed by atoms with Crippen LogP contribution in [0.2, 0.25) is 0 Å². The summed E-state index contributed by atoms with van der Waals surface area (Å²) in [5, 5.41) is 0. The normalized spacial score (nSPS) is 35.6. The monoisotopic (exact) mass is 113 g/mol. The Labute approximate surface area is 51.3 Å². The van der Waals surface area contributed by atoms with E-state index in [4.69, 9.17) is 5.73 Å². The van der Waals surface area contributed by atoms with Crippen molar-refractivity contribution in [3.05, 3.63) is 0 Å². The lowest BCUT2D eigenvalue weighted by molar-refractivity contribution is 0.376. The van der Waals surface area contributed by atoms with E-state index in [1.807, 2.05) is 0 Å². The molecule has 1 saturated carbocycles. The maximum Gasteiger partial charge on any atom is 0.00441 e. The Balaban J connectivity index is 2.44. The second kappa shape index (κ2) is 1.73. The Morgan fingerprint density at radius 2 is 2.12 bits per heavy atom. The van der Waals surface area contributed by atoms with Crippen molar-refractivity contribution in [2.24, 2.45) is 11.1 Å². The molecule has 1 atom stereocenters. The van der Waals surface area contributed by atoms with Crippen LogP contribution in [-0.4, -0.2) is 6.04 Å². The number of rotatable bonds is 0. The molecule has 1 rings (SSSR count). The Bertz CT molecular complexity index is 86.4. The van der Waals surface area contributed by atoms with Crippen LogP contribution in [0.3, 0.4) is 0 Å². The summed E-state index contributed by atoms with van der Waals surface area (Å²) in [6.07, 6.45) is 3.76. The molecular formula is C7H15N. The first-order valence-electron chi connectivity index (χ1n) is 3.36. The molecule has 1 unspecified atom stereocenters. The summed E-state index contributed by atoms with van der Waals surface area (Å²) in [6, 6.07) is 0.491. The van der Waals surface area contributed by atoms with Crippen molar-refractivity contribution in [1.82, 2.24) is 0 Å². The smallest absolute Gasteiger partial charge is 0.00441 e. The summed E-state index contributed by atoms with van der Waals surface area (Å²) >= 11 is 0. The summed E-state index contributed by atoms with van der Waals surface area (Å²) in [6.45, 7) is 4.58. The van der Waals surface area contributed by atoms with Crippen molar-refractivity contribution in [2.75, 3.05) is 0 Å². The molecule has 0 bridgehead atoms. The zero-order valence-corrected chi connectivity index (χ0v) is 5.78. The summed E-state index contributed by atoms with van der Waals surface area (Å²) in [7, 11) is 0. The van der Waals surface area contributed by atoms with Crippen LogP contribution in [0.15, 0.2) is 0 Å². The molecule has 2 N–H and O–H groups in total. The van der Waals surface area contributed by atoms with E-state index in [0.29, 0.717) is 11.5 Å². The molecule has 0 aliphatic heterocycles. The SMILES string of the molecule is CC1(C)CCC(N)C1. The quantitative estimate of drug-likeness (QED) is 0.506. The van der Waals surface area contributed by atoms with Crippen molar-refractivity contribution in [3.8, 4) is 0 Å². The molecule has 1 nitrogen and oxygen atoms in total. The minimum absolute atomic E-state index is 0.491. The molecule has 1 fully saturated rings. The van der Waals surface area contributed by atoms with Gasteiger partial charge in [0.05, 0.1) is 0 Å². The van der Waals surface area contributed by atoms with Crippen LogP contribution < -0.4 is 5.73 Å². The predicted octanol–water partition coefficient (Wildman–Crippen LogP) is 1.52. The molecule has 0 aromatic heterocycles. The molecule has 1 aliphatic rings. The number of hydrogen-bond acceptors (Lipinski definition) is 1. The van der Waals surface area contributed by atoms with Gasteiger partial charge in [0.15, 0.2) is 0 Å².